The molecule has 0 bridgehead atoms. The summed E-state index contributed by atoms with van der Waals surface area (Å²) in [6.45, 7) is 1.72. The van der Waals surface area contributed by atoms with E-state index in [1.807, 2.05) is 0 Å². The SMILES string of the molecule is CC(N)=CC(=O)CCCCBr. The second-order valence-corrected chi connectivity index (χ2v) is 3.29. The second kappa shape index (κ2) is 6.40. The Morgan fingerprint density at radius 1 is 1.55 bits per heavy atom. The second-order valence-electron chi connectivity index (χ2n) is 2.50. The van der Waals surface area contributed by atoms with Crippen molar-refractivity contribution in [1.29, 1.82) is 0 Å². The van der Waals surface area contributed by atoms with Crippen molar-refractivity contribution < 1.29 is 4.79 Å². The number of allylic oxidation sites excluding steroid dienone is 2. The standard InChI is InChI=1S/C8H14BrNO/c1-7(10)6-8(11)4-2-3-5-9/h6H,2-5,10H2,1H3. The summed E-state index contributed by atoms with van der Waals surface area (Å²) >= 11 is 3.30. The molecule has 2 N–H and O–H groups in total. The van der Waals surface area contributed by atoms with Gasteiger partial charge >= 0.3 is 0 Å². The van der Waals surface area contributed by atoms with E-state index >= 15 is 0 Å². The van der Waals surface area contributed by atoms with Crippen LogP contribution in [0.1, 0.15) is 26.2 Å². The predicted molar refractivity (Wildman–Crippen MR) is 50.6 cm³/mol. The molecule has 3 heteroatoms. The summed E-state index contributed by atoms with van der Waals surface area (Å²) in [5, 5.41) is 0.964. The highest BCUT2D eigenvalue weighted by Crippen LogP contribution is 2.00. The molecule has 0 aromatic heterocycles. The number of hydrogen-bond donors (Lipinski definition) is 1. The number of ketones is 1. The fraction of sp³-hybridized carbons (Fsp3) is 0.625. The zero-order valence-corrected chi connectivity index (χ0v) is 8.36. The Balaban J connectivity index is 3.46. The Labute approximate surface area is 76.0 Å². The van der Waals surface area contributed by atoms with E-state index in [4.69, 9.17) is 5.73 Å². The number of halogens is 1. The molecule has 0 saturated carbocycles. The number of alkyl halides is 1. The summed E-state index contributed by atoms with van der Waals surface area (Å²) < 4.78 is 0. The van der Waals surface area contributed by atoms with Crippen LogP contribution in [0.25, 0.3) is 0 Å². The molecule has 0 heterocycles. The lowest BCUT2D eigenvalue weighted by atomic mass is 10.2. The van der Waals surface area contributed by atoms with Crippen LogP contribution in [0.15, 0.2) is 11.8 Å². The molecule has 0 aliphatic carbocycles. The molecular weight excluding hydrogens is 206 g/mol. The van der Waals surface area contributed by atoms with Gasteiger partial charge in [-0.2, -0.15) is 0 Å². The van der Waals surface area contributed by atoms with Gasteiger partial charge in [0.2, 0.25) is 0 Å². The van der Waals surface area contributed by atoms with Gasteiger partial charge in [0.15, 0.2) is 5.78 Å². The Bertz CT molecular complexity index is 150. The van der Waals surface area contributed by atoms with Crippen molar-refractivity contribution in [1.82, 2.24) is 0 Å². The minimum absolute atomic E-state index is 0.131. The van der Waals surface area contributed by atoms with Gasteiger partial charge in [0.1, 0.15) is 0 Å². The van der Waals surface area contributed by atoms with Crippen LogP contribution < -0.4 is 5.73 Å². The van der Waals surface area contributed by atoms with E-state index in [0.717, 1.165) is 18.2 Å². The molecule has 0 aromatic rings. The first-order valence-electron chi connectivity index (χ1n) is 3.69. The molecule has 0 atom stereocenters. The lowest BCUT2D eigenvalue weighted by Crippen LogP contribution is -1.99. The topological polar surface area (TPSA) is 43.1 Å². The number of nitrogens with two attached hydrogens (primary N) is 1. The summed E-state index contributed by atoms with van der Waals surface area (Å²) in [5.74, 6) is 0.131. The van der Waals surface area contributed by atoms with Crippen LogP contribution in [-0.4, -0.2) is 11.1 Å². The van der Waals surface area contributed by atoms with Crippen LogP contribution in [-0.2, 0) is 4.79 Å². The minimum atomic E-state index is 0.131. The number of unbranched alkanes of at least 4 members (excludes halogenated alkanes) is 1. The number of hydrogen-bond acceptors (Lipinski definition) is 2. The third-order valence-electron chi connectivity index (χ3n) is 1.20. The third kappa shape index (κ3) is 7.59. The molecule has 0 aliphatic rings. The monoisotopic (exact) mass is 219 g/mol. The molecule has 2 nitrogen and oxygen atoms in total. The number of carbonyl (C=O) groups excluding carboxylic acids is 1. The summed E-state index contributed by atoms with van der Waals surface area (Å²) in [4.78, 5) is 11.0. The van der Waals surface area contributed by atoms with Crippen molar-refractivity contribution in [3.63, 3.8) is 0 Å². The molecule has 0 rings (SSSR count). The Morgan fingerprint density at radius 3 is 2.64 bits per heavy atom. The Hall–Kier alpha value is -0.310. The Morgan fingerprint density at radius 2 is 2.18 bits per heavy atom. The van der Waals surface area contributed by atoms with E-state index in [1.54, 1.807) is 6.92 Å². The normalized spacial score (nSPS) is 11.6. The molecule has 0 spiro atoms. The summed E-state index contributed by atoms with van der Waals surface area (Å²) in [5.41, 5.74) is 5.92. The zero-order valence-electron chi connectivity index (χ0n) is 6.77. The lowest BCUT2D eigenvalue weighted by Gasteiger charge is -1.94. The van der Waals surface area contributed by atoms with E-state index in [2.05, 4.69) is 15.9 Å². The minimum Gasteiger partial charge on any atom is -0.402 e. The van der Waals surface area contributed by atoms with E-state index in [9.17, 15) is 4.79 Å². The van der Waals surface area contributed by atoms with Gasteiger partial charge in [-0.25, -0.2) is 0 Å². The van der Waals surface area contributed by atoms with Crippen molar-refractivity contribution in [3.05, 3.63) is 11.8 Å². The van der Waals surface area contributed by atoms with Crippen molar-refractivity contribution in [2.45, 2.75) is 26.2 Å². The maximum absolute atomic E-state index is 11.0. The molecule has 0 aliphatic heterocycles. The molecule has 0 amide bonds. The fourth-order valence-corrected chi connectivity index (χ4v) is 1.12. The van der Waals surface area contributed by atoms with Crippen molar-refractivity contribution in [2.75, 3.05) is 5.33 Å². The number of rotatable bonds is 5. The average molecular weight is 220 g/mol. The van der Waals surface area contributed by atoms with Gasteiger partial charge in [-0.3, -0.25) is 4.79 Å². The van der Waals surface area contributed by atoms with Crippen LogP contribution in [0.2, 0.25) is 0 Å². The average Bonchev–Trinajstić information content (AvgIpc) is 1.86. The molecule has 0 saturated heterocycles. The largest absolute Gasteiger partial charge is 0.402 e. The van der Waals surface area contributed by atoms with E-state index in [-0.39, 0.29) is 5.78 Å². The highest BCUT2D eigenvalue weighted by Gasteiger charge is 1.96. The molecule has 0 aromatic carbocycles. The van der Waals surface area contributed by atoms with Crippen LogP contribution in [0.4, 0.5) is 0 Å². The predicted octanol–water partition coefficient (Wildman–Crippen LogP) is 1.98. The smallest absolute Gasteiger partial charge is 0.157 e. The maximum atomic E-state index is 11.0. The van der Waals surface area contributed by atoms with Crippen molar-refractivity contribution >= 4 is 21.7 Å². The molecule has 0 radical (unpaired) electrons. The zero-order chi connectivity index (χ0) is 8.69. The van der Waals surface area contributed by atoms with Crippen LogP contribution in [0.3, 0.4) is 0 Å². The third-order valence-corrected chi connectivity index (χ3v) is 1.76. The van der Waals surface area contributed by atoms with Crippen molar-refractivity contribution in [2.24, 2.45) is 5.73 Å². The molecular formula is C8H14BrNO. The van der Waals surface area contributed by atoms with Gasteiger partial charge < -0.3 is 5.73 Å². The molecule has 0 fully saturated rings. The first-order chi connectivity index (χ1) is 5.16. The first kappa shape index (κ1) is 10.7. The summed E-state index contributed by atoms with van der Waals surface area (Å²) in [7, 11) is 0. The van der Waals surface area contributed by atoms with E-state index < -0.39 is 0 Å². The Kier molecular flexibility index (Phi) is 6.22. The van der Waals surface area contributed by atoms with Crippen LogP contribution in [0.5, 0.6) is 0 Å². The van der Waals surface area contributed by atoms with Crippen molar-refractivity contribution in [3.8, 4) is 0 Å². The van der Waals surface area contributed by atoms with E-state index in [0.29, 0.717) is 12.1 Å². The summed E-state index contributed by atoms with van der Waals surface area (Å²) in [6.07, 6.45) is 4.09. The van der Waals surface area contributed by atoms with Crippen LogP contribution >= 0.6 is 15.9 Å². The van der Waals surface area contributed by atoms with Gasteiger partial charge in [-0.15, -0.1) is 0 Å². The lowest BCUT2D eigenvalue weighted by molar-refractivity contribution is -0.114. The number of carbonyl (C=O) groups is 1. The first-order valence-corrected chi connectivity index (χ1v) is 4.81. The van der Waals surface area contributed by atoms with Gasteiger partial charge in [-0.05, 0) is 25.8 Å². The molecule has 0 unspecified atom stereocenters. The van der Waals surface area contributed by atoms with Crippen LogP contribution in [0, 0.1) is 0 Å². The highest BCUT2D eigenvalue weighted by molar-refractivity contribution is 9.09. The van der Waals surface area contributed by atoms with Gasteiger partial charge in [0.25, 0.3) is 0 Å². The molecule has 64 valence electrons. The fourth-order valence-electron chi connectivity index (χ4n) is 0.720. The maximum Gasteiger partial charge on any atom is 0.157 e. The molecule has 11 heavy (non-hydrogen) atoms. The van der Waals surface area contributed by atoms with E-state index in [1.165, 1.54) is 6.08 Å². The highest BCUT2D eigenvalue weighted by atomic mass is 79.9. The van der Waals surface area contributed by atoms with Gasteiger partial charge in [0.05, 0.1) is 0 Å². The van der Waals surface area contributed by atoms with Gasteiger partial charge in [-0.1, -0.05) is 15.9 Å². The summed E-state index contributed by atoms with van der Waals surface area (Å²) in [6, 6.07) is 0. The van der Waals surface area contributed by atoms with Gasteiger partial charge in [0, 0.05) is 17.4 Å². The quantitative estimate of drug-likeness (QED) is 0.437.